The first kappa shape index (κ1) is 18.0. The number of hydrogen-bond donors (Lipinski definition) is 3. The van der Waals surface area contributed by atoms with E-state index in [-0.39, 0.29) is 29.4 Å². The van der Waals surface area contributed by atoms with Crippen molar-refractivity contribution in [1.82, 2.24) is 5.06 Å². The van der Waals surface area contributed by atoms with E-state index in [0.717, 1.165) is 0 Å². The number of carbonyl (C=O) groups excluding carboxylic acids is 3. The predicted molar refractivity (Wildman–Crippen MR) is 83.8 cm³/mol. The Morgan fingerprint density at radius 1 is 1.14 bits per heavy atom. The number of anilines is 1. The van der Waals surface area contributed by atoms with Gasteiger partial charge in [0, 0.05) is 18.5 Å². The minimum absolute atomic E-state index is 0.103. The Morgan fingerprint density at radius 2 is 1.64 bits per heavy atom. The second-order valence-corrected chi connectivity index (χ2v) is 4.93. The predicted octanol–water partition coefficient (Wildman–Crippen LogP) is 1.28. The number of benzene rings is 1. The molecule has 0 spiro atoms. The first-order valence-corrected chi connectivity index (χ1v) is 7.61. The summed E-state index contributed by atoms with van der Waals surface area (Å²) < 4.78 is 0.373. The first-order chi connectivity index (χ1) is 10.3. The third-order valence-electron chi connectivity index (χ3n) is 2.56. The Hall–Kier alpha value is -2.01. The summed E-state index contributed by atoms with van der Waals surface area (Å²) in [5, 5.41) is 19.8. The van der Waals surface area contributed by atoms with Gasteiger partial charge in [0.15, 0.2) is 0 Å². The molecule has 1 aromatic rings. The molecule has 1 aliphatic heterocycles. The molecule has 0 radical (unpaired) electrons. The van der Waals surface area contributed by atoms with Crippen molar-refractivity contribution in [3.63, 3.8) is 0 Å². The van der Waals surface area contributed by atoms with Crippen LogP contribution >= 0.6 is 22.6 Å². The van der Waals surface area contributed by atoms with Gasteiger partial charge in [-0.05, 0) is 24.3 Å². The average Bonchev–Trinajstić information content (AvgIpc) is 2.79. The molecular formula is C13H13IN2O6. The molecule has 8 nitrogen and oxygen atoms in total. The van der Waals surface area contributed by atoms with Crippen molar-refractivity contribution in [2.24, 2.45) is 0 Å². The number of rotatable bonds is 3. The highest BCUT2D eigenvalue weighted by molar-refractivity contribution is 14.1. The van der Waals surface area contributed by atoms with Crippen molar-refractivity contribution in [3.8, 4) is 0 Å². The number of hydroxylamine groups is 2. The molecule has 1 heterocycles. The lowest BCUT2D eigenvalue weighted by atomic mass is 10.2. The summed E-state index contributed by atoms with van der Waals surface area (Å²) in [5.41, 5.74) is 0.814. The van der Waals surface area contributed by atoms with Crippen LogP contribution in [0.1, 0.15) is 23.2 Å². The molecule has 3 amide bonds. The average molecular weight is 420 g/mol. The van der Waals surface area contributed by atoms with Gasteiger partial charge in [0.2, 0.25) is 5.91 Å². The summed E-state index contributed by atoms with van der Waals surface area (Å²) in [5.74, 6) is -2.09. The molecule has 0 bridgehead atoms. The Labute approximate surface area is 139 Å². The zero-order valence-corrected chi connectivity index (χ0v) is 13.4. The molecule has 0 aromatic heterocycles. The molecule has 118 valence electrons. The fraction of sp³-hybridized carbons (Fsp3) is 0.231. The summed E-state index contributed by atoms with van der Waals surface area (Å²) in [6.07, 6.45) is 0.296. The van der Waals surface area contributed by atoms with Crippen LogP contribution in [0.5, 0.6) is 0 Å². The van der Waals surface area contributed by atoms with Gasteiger partial charge in [-0.25, -0.2) is 4.79 Å². The van der Waals surface area contributed by atoms with Crippen LogP contribution < -0.4 is 5.32 Å². The van der Waals surface area contributed by atoms with E-state index >= 15 is 0 Å². The van der Waals surface area contributed by atoms with Crippen LogP contribution in [0.15, 0.2) is 24.3 Å². The smallest absolute Gasteiger partial charge is 0.335 e. The molecule has 1 saturated heterocycles. The summed E-state index contributed by atoms with van der Waals surface area (Å²) in [4.78, 5) is 41.9. The SMILES string of the molecule is O=C(CI)Nc1ccc(C(=O)O)cc1.O=C1CCC(=O)N1O. The van der Waals surface area contributed by atoms with Crippen molar-refractivity contribution in [1.29, 1.82) is 0 Å². The van der Waals surface area contributed by atoms with Crippen molar-refractivity contribution in [2.45, 2.75) is 12.8 Å². The van der Waals surface area contributed by atoms with Gasteiger partial charge in [0.05, 0.1) is 9.99 Å². The minimum Gasteiger partial charge on any atom is -0.478 e. The maximum absolute atomic E-state index is 11.0. The Balaban J connectivity index is 0.000000255. The second-order valence-electron chi connectivity index (χ2n) is 4.16. The number of imide groups is 1. The zero-order valence-electron chi connectivity index (χ0n) is 11.3. The third-order valence-corrected chi connectivity index (χ3v) is 3.25. The van der Waals surface area contributed by atoms with Crippen LogP contribution in [0.2, 0.25) is 0 Å². The maximum Gasteiger partial charge on any atom is 0.335 e. The maximum atomic E-state index is 11.0. The molecular weight excluding hydrogens is 407 g/mol. The number of alkyl halides is 1. The lowest BCUT2D eigenvalue weighted by Crippen LogP contribution is -2.24. The number of aromatic carboxylic acids is 1. The van der Waals surface area contributed by atoms with Gasteiger partial charge in [-0.1, -0.05) is 22.6 Å². The highest BCUT2D eigenvalue weighted by Gasteiger charge is 2.26. The fourth-order valence-electron chi connectivity index (χ4n) is 1.46. The van der Waals surface area contributed by atoms with Gasteiger partial charge in [0.25, 0.3) is 11.8 Å². The van der Waals surface area contributed by atoms with Crippen LogP contribution in [0.25, 0.3) is 0 Å². The van der Waals surface area contributed by atoms with Gasteiger partial charge >= 0.3 is 5.97 Å². The Bertz CT molecular complexity index is 571. The molecule has 1 aromatic carbocycles. The number of halogens is 1. The normalized spacial score (nSPS) is 13.5. The van der Waals surface area contributed by atoms with Gasteiger partial charge in [-0.3, -0.25) is 19.6 Å². The molecule has 22 heavy (non-hydrogen) atoms. The van der Waals surface area contributed by atoms with Crippen LogP contribution in [0.3, 0.4) is 0 Å². The molecule has 0 saturated carbocycles. The molecule has 3 N–H and O–H groups in total. The van der Waals surface area contributed by atoms with Crippen molar-refractivity contribution < 1.29 is 29.5 Å². The van der Waals surface area contributed by atoms with E-state index in [4.69, 9.17) is 10.3 Å². The molecule has 0 unspecified atom stereocenters. The van der Waals surface area contributed by atoms with Crippen LogP contribution in [0.4, 0.5) is 5.69 Å². The van der Waals surface area contributed by atoms with Gasteiger partial charge in [0.1, 0.15) is 0 Å². The summed E-state index contributed by atoms with van der Waals surface area (Å²) >= 11 is 1.95. The lowest BCUT2D eigenvalue weighted by molar-refractivity contribution is -0.171. The zero-order chi connectivity index (χ0) is 16.7. The van der Waals surface area contributed by atoms with Gasteiger partial charge in [-0.2, -0.15) is 5.06 Å². The van der Waals surface area contributed by atoms with Crippen molar-refractivity contribution >= 4 is 52.0 Å². The molecule has 1 fully saturated rings. The molecule has 0 atom stereocenters. The van der Waals surface area contributed by atoms with E-state index in [1.807, 2.05) is 22.6 Å². The van der Waals surface area contributed by atoms with Crippen molar-refractivity contribution in [2.75, 3.05) is 9.74 Å². The van der Waals surface area contributed by atoms with Gasteiger partial charge < -0.3 is 10.4 Å². The summed E-state index contributed by atoms with van der Waals surface area (Å²) in [6.45, 7) is 0. The number of carboxylic acids is 1. The van der Waals surface area contributed by atoms with E-state index in [0.29, 0.717) is 10.1 Å². The quantitative estimate of drug-likeness (QED) is 0.293. The molecule has 0 aliphatic carbocycles. The van der Waals surface area contributed by atoms with Crippen molar-refractivity contribution in [3.05, 3.63) is 29.8 Å². The number of hydrogen-bond acceptors (Lipinski definition) is 5. The monoisotopic (exact) mass is 420 g/mol. The number of amides is 3. The van der Waals surface area contributed by atoms with Crippen LogP contribution in [-0.2, 0) is 14.4 Å². The second kappa shape index (κ2) is 8.44. The third kappa shape index (κ3) is 5.41. The number of nitrogens with zero attached hydrogens (tertiary/aromatic N) is 1. The van der Waals surface area contributed by atoms with E-state index in [1.54, 1.807) is 12.1 Å². The van der Waals surface area contributed by atoms with E-state index in [2.05, 4.69) is 5.32 Å². The number of nitrogens with one attached hydrogen (secondary N) is 1. The first-order valence-electron chi connectivity index (χ1n) is 6.09. The molecule has 2 rings (SSSR count). The Morgan fingerprint density at radius 3 is 1.95 bits per heavy atom. The number of carboxylic acid groups (broad SMARTS) is 1. The molecule has 1 aliphatic rings. The minimum atomic E-state index is -0.975. The van der Waals surface area contributed by atoms with Crippen LogP contribution in [0, 0.1) is 0 Å². The number of carbonyl (C=O) groups is 4. The Kier molecular flexibility index (Phi) is 6.92. The largest absolute Gasteiger partial charge is 0.478 e. The van der Waals surface area contributed by atoms with E-state index in [9.17, 15) is 19.2 Å². The molecule has 9 heteroatoms. The fourth-order valence-corrected chi connectivity index (χ4v) is 1.65. The van der Waals surface area contributed by atoms with E-state index < -0.39 is 17.8 Å². The van der Waals surface area contributed by atoms with Crippen LogP contribution in [-0.4, -0.2) is 43.5 Å². The highest BCUT2D eigenvalue weighted by atomic mass is 127. The van der Waals surface area contributed by atoms with Gasteiger partial charge in [-0.15, -0.1) is 0 Å². The lowest BCUT2D eigenvalue weighted by Gasteiger charge is -2.02. The standard InChI is InChI=1S/C9H8INO3.C4H5NO3/c10-5-8(12)11-7-3-1-6(2-4-7)9(13)14;6-3-1-2-4(7)5(3)8/h1-4H,5H2,(H,11,12)(H,13,14);8H,1-2H2. The topological polar surface area (TPSA) is 124 Å². The highest BCUT2D eigenvalue weighted by Crippen LogP contribution is 2.09. The summed E-state index contributed by atoms with van der Waals surface area (Å²) in [6, 6.07) is 6.03. The summed E-state index contributed by atoms with van der Waals surface area (Å²) in [7, 11) is 0. The van der Waals surface area contributed by atoms with E-state index in [1.165, 1.54) is 12.1 Å².